The molecule has 1 amide bonds. The van der Waals surface area contributed by atoms with E-state index in [0.29, 0.717) is 11.5 Å². The molecule has 0 spiro atoms. The van der Waals surface area contributed by atoms with Gasteiger partial charge in [0.1, 0.15) is 0 Å². The van der Waals surface area contributed by atoms with Crippen molar-refractivity contribution in [3.63, 3.8) is 0 Å². The monoisotopic (exact) mass is 225 g/mol. The quantitative estimate of drug-likeness (QED) is 0.781. The van der Waals surface area contributed by atoms with Gasteiger partial charge < -0.3 is 10.1 Å². The van der Waals surface area contributed by atoms with Gasteiger partial charge in [0.15, 0.2) is 0 Å². The van der Waals surface area contributed by atoms with E-state index < -0.39 is 0 Å². The highest BCUT2D eigenvalue weighted by atomic mass is 16.5. The maximum absolute atomic E-state index is 12.0. The van der Waals surface area contributed by atoms with Crippen molar-refractivity contribution in [2.75, 3.05) is 6.61 Å². The molecule has 2 rings (SSSR count). The molecular weight excluding hydrogens is 202 g/mol. The minimum absolute atomic E-state index is 0.0729. The van der Waals surface area contributed by atoms with Crippen LogP contribution in [0.25, 0.3) is 0 Å². The molecule has 92 valence electrons. The molecule has 0 aromatic carbocycles. The molecule has 1 aliphatic carbocycles. The Morgan fingerprint density at radius 3 is 2.62 bits per heavy atom. The zero-order valence-electron chi connectivity index (χ0n) is 10.6. The molecule has 0 aromatic rings. The Balaban J connectivity index is 1.84. The van der Waals surface area contributed by atoms with Gasteiger partial charge in [-0.1, -0.05) is 13.8 Å². The Hall–Kier alpha value is -0.570. The fraction of sp³-hybridized carbons (Fsp3) is 0.923. The van der Waals surface area contributed by atoms with Crippen molar-refractivity contribution in [1.29, 1.82) is 0 Å². The third kappa shape index (κ3) is 2.57. The van der Waals surface area contributed by atoms with Gasteiger partial charge in [0.25, 0.3) is 0 Å². The van der Waals surface area contributed by atoms with Crippen molar-refractivity contribution in [2.45, 2.75) is 58.6 Å². The van der Waals surface area contributed by atoms with Crippen LogP contribution in [0.15, 0.2) is 0 Å². The van der Waals surface area contributed by atoms with E-state index in [2.05, 4.69) is 19.2 Å². The van der Waals surface area contributed by atoms with Gasteiger partial charge in [0.05, 0.1) is 12.0 Å². The van der Waals surface area contributed by atoms with Crippen LogP contribution in [0.4, 0.5) is 0 Å². The fourth-order valence-electron chi connectivity index (χ4n) is 2.94. The number of nitrogens with one attached hydrogen (secondary N) is 1. The molecule has 0 bridgehead atoms. The van der Waals surface area contributed by atoms with E-state index in [9.17, 15) is 4.79 Å². The van der Waals surface area contributed by atoms with Crippen LogP contribution >= 0.6 is 0 Å². The topological polar surface area (TPSA) is 38.3 Å². The predicted molar refractivity (Wildman–Crippen MR) is 63.1 cm³/mol. The summed E-state index contributed by atoms with van der Waals surface area (Å²) < 4.78 is 5.43. The smallest absolute Gasteiger partial charge is 0.226 e. The van der Waals surface area contributed by atoms with Crippen LogP contribution in [0.2, 0.25) is 0 Å². The molecule has 1 saturated carbocycles. The highest BCUT2D eigenvalue weighted by Gasteiger charge is 2.35. The van der Waals surface area contributed by atoms with Crippen LogP contribution < -0.4 is 5.32 Å². The fourth-order valence-corrected chi connectivity index (χ4v) is 2.94. The molecule has 0 aromatic heterocycles. The van der Waals surface area contributed by atoms with Gasteiger partial charge in [0.2, 0.25) is 5.91 Å². The van der Waals surface area contributed by atoms with Gasteiger partial charge in [-0.25, -0.2) is 0 Å². The van der Waals surface area contributed by atoms with Crippen molar-refractivity contribution < 1.29 is 9.53 Å². The average Bonchev–Trinajstić information content (AvgIpc) is 2.72. The second kappa shape index (κ2) is 4.36. The lowest BCUT2D eigenvalue weighted by atomic mass is 9.91. The standard InChI is InChI=1S/C13H23NO2/c1-9-11(5-7-16-9)12(15)14-10-4-6-13(2,3)8-10/h9-11H,4-8H2,1-3H3,(H,14,15). The minimum Gasteiger partial charge on any atom is -0.378 e. The first kappa shape index (κ1) is 11.9. The second-order valence-electron chi connectivity index (χ2n) is 6.08. The molecule has 3 nitrogen and oxygen atoms in total. The molecule has 1 saturated heterocycles. The van der Waals surface area contributed by atoms with E-state index in [1.807, 2.05) is 6.92 Å². The molecule has 3 unspecified atom stereocenters. The largest absolute Gasteiger partial charge is 0.378 e. The summed E-state index contributed by atoms with van der Waals surface area (Å²) in [4.78, 5) is 12.0. The summed E-state index contributed by atoms with van der Waals surface area (Å²) in [6.45, 7) is 7.28. The lowest BCUT2D eigenvalue weighted by Crippen LogP contribution is -2.40. The van der Waals surface area contributed by atoms with E-state index in [1.54, 1.807) is 0 Å². The first-order valence-corrected chi connectivity index (χ1v) is 6.40. The first-order chi connectivity index (χ1) is 7.48. The van der Waals surface area contributed by atoms with E-state index in [0.717, 1.165) is 25.9 Å². The number of hydrogen-bond donors (Lipinski definition) is 1. The number of hydrogen-bond acceptors (Lipinski definition) is 2. The highest BCUT2D eigenvalue weighted by molar-refractivity contribution is 5.79. The van der Waals surface area contributed by atoms with Crippen molar-refractivity contribution in [3.8, 4) is 0 Å². The molecule has 16 heavy (non-hydrogen) atoms. The van der Waals surface area contributed by atoms with Gasteiger partial charge in [-0.3, -0.25) is 4.79 Å². The molecule has 1 aliphatic heterocycles. The molecule has 3 heteroatoms. The van der Waals surface area contributed by atoms with Gasteiger partial charge in [-0.15, -0.1) is 0 Å². The van der Waals surface area contributed by atoms with Crippen LogP contribution in [0, 0.1) is 11.3 Å². The lowest BCUT2D eigenvalue weighted by Gasteiger charge is -2.20. The van der Waals surface area contributed by atoms with Gasteiger partial charge in [0, 0.05) is 12.6 Å². The van der Waals surface area contributed by atoms with Crippen molar-refractivity contribution >= 4 is 5.91 Å². The van der Waals surface area contributed by atoms with Gasteiger partial charge in [-0.05, 0) is 38.0 Å². The maximum atomic E-state index is 12.0. The zero-order valence-corrected chi connectivity index (χ0v) is 10.6. The van der Waals surface area contributed by atoms with Crippen LogP contribution in [0.1, 0.15) is 46.5 Å². The Morgan fingerprint density at radius 2 is 2.12 bits per heavy atom. The molecule has 3 atom stereocenters. The predicted octanol–water partition coefficient (Wildman–Crippen LogP) is 2.11. The highest BCUT2D eigenvalue weighted by Crippen LogP contribution is 2.37. The zero-order chi connectivity index (χ0) is 11.8. The third-order valence-electron chi connectivity index (χ3n) is 4.03. The number of carbonyl (C=O) groups is 1. The summed E-state index contributed by atoms with van der Waals surface area (Å²) in [5.74, 6) is 0.274. The number of carbonyl (C=O) groups excluding carboxylic acids is 1. The summed E-state index contributed by atoms with van der Waals surface area (Å²) in [6.07, 6.45) is 4.42. The lowest BCUT2D eigenvalue weighted by molar-refractivity contribution is -0.127. The summed E-state index contributed by atoms with van der Waals surface area (Å²) in [5, 5.41) is 3.19. The Morgan fingerprint density at radius 1 is 1.38 bits per heavy atom. The van der Waals surface area contributed by atoms with Crippen LogP contribution in [-0.2, 0) is 9.53 Å². The molecule has 0 radical (unpaired) electrons. The summed E-state index contributed by atoms with van der Waals surface area (Å²) >= 11 is 0. The molecule has 1 heterocycles. The molecule has 1 N–H and O–H groups in total. The first-order valence-electron chi connectivity index (χ1n) is 6.40. The average molecular weight is 225 g/mol. The van der Waals surface area contributed by atoms with Gasteiger partial charge >= 0.3 is 0 Å². The number of ether oxygens (including phenoxy) is 1. The number of amides is 1. The van der Waals surface area contributed by atoms with Crippen molar-refractivity contribution in [2.24, 2.45) is 11.3 Å². The van der Waals surface area contributed by atoms with Gasteiger partial charge in [-0.2, -0.15) is 0 Å². The molecular formula is C13H23NO2. The molecule has 2 aliphatic rings. The van der Waals surface area contributed by atoms with Crippen LogP contribution in [-0.4, -0.2) is 24.7 Å². The SMILES string of the molecule is CC1OCCC1C(=O)NC1CCC(C)(C)C1. The maximum Gasteiger partial charge on any atom is 0.226 e. The second-order valence-corrected chi connectivity index (χ2v) is 6.08. The van der Waals surface area contributed by atoms with Crippen LogP contribution in [0.3, 0.4) is 0 Å². The number of rotatable bonds is 2. The van der Waals surface area contributed by atoms with E-state index in [4.69, 9.17) is 4.74 Å². The summed E-state index contributed by atoms with van der Waals surface area (Å²) in [6, 6.07) is 0.385. The van der Waals surface area contributed by atoms with Crippen LogP contribution in [0.5, 0.6) is 0 Å². The van der Waals surface area contributed by atoms with Crippen molar-refractivity contribution in [1.82, 2.24) is 5.32 Å². The minimum atomic E-state index is 0.0729. The Bertz CT molecular complexity index is 275. The van der Waals surface area contributed by atoms with E-state index in [1.165, 1.54) is 6.42 Å². The van der Waals surface area contributed by atoms with Crippen molar-refractivity contribution in [3.05, 3.63) is 0 Å². The third-order valence-corrected chi connectivity index (χ3v) is 4.03. The summed E-state index contributed by atoms with van der Waals surface area (Å²) in [7, 11) is 0. The van der Waals surface area contributed by atoms with E-state index >= 15 is 0 Å². The normalized spacial score (nSPS) is 37.6. The molecule has 2 fully saturated rings. The Labute approximate surface area is 97.9 Å². The van der Waals surface area contributed by atoms with E-state index in [-0.39, 0.29) is 17.9 Å². The summed E-state index contributed by atoms with van der Waals surface area (Å²) in [5.41, 5.74) is 0.399. The Kier molecular flexibility index (Phi) is 3.24.